The van der Waals surface area contributed by atoms with E-state index in [2.05, 4.69) is 0 Å². The zero-order valence-corrected chi connectivity index (χ0v) is 13.5. The van der Waals surface area contributed by atoms with Gasteiger partial charge in [-0.2, -0.15) is 0 Å². The van der Waals surface area contributed by atoms with E-state index in [9.17, 15) is 19.8 Å². The summed E-state index contributed by atoms with van der Waals surface area (Å²) < 4.78 is 0. The van der Waals surface area contributed by atoms with E-state index >= 15 is 0 Å². The van der Waals surface area contributed by atoms with E-state index < -0.39 is 22.8 Å². The Kier molecular flexibility index (Phi) is 8.38. The fourth-order valence-electron chi connectivity index (χ4n) is 1.89. The molecule has 0 heterocycles. The molecule has 0 aliphatic rings. The van der Waals surface area contributed by atoms with Crippen molar-refractivity contribution in [3.05, 3.63) is 0 Å². The maximum Gasteiger partial charge on any atom is 1.00 e. The van der Waals surface area contributed by atoms with E-state index in [1.165, 1.54) is 13.8 Å². The maximum atomic E-state index is 11.2. The average Bonchev–Trinajstić information content (AvgIpc) is 2.13. The van der Waals surface area contributed by atoms with Crippen molar-refractivity contribution in [2.45, 2.75) is 53.4 Å². The SMILES string of the molecule is CCCCC(C)(CC(C)(C)C(=O)[O-])C(=O)O.[Na+]. The summed E-state index contributed by atoms with van der Waals surface area (Å²) in [4.78, 5) is 22.1. The smallest absolute Gasteiger partial charge is 0.550 e. The van der Waals surface area contributed by atoms with Crippen molar-refractivity contribution in [3.63, 3.8) is 0 Å². The van der Waals surface area contributed by atoms with Crippen LogP contribution in [0, 0.1) is 10.8 Å². The monoisotopic (exact) mass is 252 g/mol. The number of unbranched alkanes of at least 4 members (excludes halogenated alkanes) is 1. The van der Waals surface area contributed by atoms with Crippen LogP contribution in [0.3, 0.4) is 0 Å². The maximum absolute atomic E-state index is 11.2. The molecule has 0 fully saturated rings. The zero-order valence-electron chi connectivity index (χ0n) is 11.5. The first kappa shape index (κ1) is 19.3. The Labute approximate surface area is 125 Å². The van der Waals surface area contributed by atoms with Gasteiger partial charge in [-0.25, -0.2) is 0 Å². The fraction of sp³-hybridized carbons (Fsp3) is 0.833. The van der Waals surface area contributed by atoms with Gasteiger partial charge < -0.3 is 15.0 Å². The summed E-state index contributed by atoms with van der Waals surface area (Å²) in [5, 5.41) is 20.1. The number of carboxylic acid groups (broad SMARTS) is 2. The summed E-state index contributed by atoms with van der Waals surface area (Å²) in [6.07, 6.45) is 2.27. The van der Waals surface area contributed by atoms with E-state index in [1.54, 1.807) is 6.92 Å². The van der Waals surface area contributed by atoms with Crippen LogP contribution < -0.4 is 34.7 Å². The first-order valence-corrected chi connectivity index (χ1v) is 5.60. The first-order valence-electron chi connectivity index (χ1n) is 5.60. The molecule has 1 N–H and O–H groups in total. The summed E-state index contributed by atoms with van der Waals surface area (Å²) in [7, 11) is 0. The molecule has 0 rings (SSSR count). The van der Waals surface area contributed by atoms with Gasteiger partial charge in [-0.15, -0.1) is 0 Å². The van der Waals surface area contributed by atoms with Crippen molar-refractivity contribution in [2.24, 2.45) is 10.8 Å². The number of hydrogen-bond donors (Lipinski definition) is 1. The number of rotatable bonds is 7. The second-order valence-corrected chi connectivity index (χ2v) is 5.32. The van der Waals surface area contributed by atoms with Gasteiger partial charge in [0.05, 0.1) is 5.41 Å². The minimum atomic E-state index is -1.20. The van der Waals surface area contributed by atoms with Gasteiger partial charge >= 0.3 is 35.5 Å². The second-order valence-electron chi connectivity index (χ2n) is 5.32. The van der Waals surface area contributed by atoms with Crippen LogP contribution >= 0.6 is 0 Å². The Morgan fingerprint density at radius 3 is 2.00 bits per heavy atom. The molecular formula is C12H21NaO4. The van der Waals surface area contributed by atoms with Crippen molar-refractivity contribution >= 4 is 11.9 Å². The van der Waals surface area contributed by atoms with Gasteiger partial charge in [0, 0.05) is 11.4 Å². The van der Waals surface area contributed by atoms with E-state index in [0.29, 0.717) is 6.42 Å². The Balaban J connectivity index is 0. The minimum absolute atomic E-state index is 0. The molecule has 5 heteroatoms. The topological polar surface area (TPSA) is 77.4 Å². The molecule has 0 spiro atoms. The normalized spacial score (nSPS) is 14.6. The van der Waals surface area contributed by atoms with Crippen LogP contribution in [0.15, 0.2) is 0 Å². The molecule has 1 unspecified atom stereocenters. The first-order chi connectivity index (χ1) is 7.15. The number of carbonyl (C=O) groups is 2. The van der Waals surface area contributed by atoms with Gasteiger partial charge in [0.25, 0.3) is 0 Å². The molecule has 0 bridgehead atoms. The van der Waals surface area contributed by atoms with Gasteiger partial charge in [-0.1, -0.05) is 33.6 Å². The van der Waals surface area contributed by atoms with E-state index in [1.807, 2.05) is 6.92 Å². The summed E-state index contributed by atoms with van der Waals surface area (Å²) in [6, 6.07) is 0. The predicted octanol–water partition coefficient (Wildman–Crippen LogP) is -1.56. The number of aliphatic carboxylic acids is 2. The van der Waals surface area contributed by atoms with E-state index in [-0.39, 0.29) is 36.0 Å². The Morgan fingerprint density at radius 2 is 1.71 bits per heavy atom. The standard InChI is InChI=1S/C12H22O4.Na/c1-5-6-7-12(4,10(15)16)8-11(2,3)9(13)14;/h5-8H2,1-4H3,(H,13,14)(H,15,16);/q;+1/p-1. The molecule has 0 aromatic rings. The number of carboxylic acids is 2. The molecule has 0 saturated carbocycles. The average molecular weight is 252 g/mol. The molecule has 4 nitrogen and oxygen atoms in total. The van der Waals surface area contributed by atoms with Crippen molar-refractivity contribution < 1.29 is 49.4 Å². The Morgan fingerprint density at radius 1 is 1.24 bits per heavy atom. The van der Waals surface area contributed by atoms with Crippen LogP contribution in [-0.2, 0) is 9.59 Å². The van der Waals surface area contributed by atoms with Crippen LogP contribution in [0.2, 0.25) is 0 Å². The third-order valence-corrected chi connectivity index (χ3v) is 2.98. The molecule has 0 amide bonds. The molecular weight excluding hydrogens is 231 g/mol. The second kappa shape index (κ2) is 7.39. The summed E-state index contributed by atoms with van der Waals surface area (Å²) in [6.45, 7) is 6.60. The van der Waals surface area contributed by atoms with Crippen molar-refractivity contribution in [1.29, 1.82) is 0 Å². The van der Waals surface area contributed by atoms with Crippen LogP contribution in [0.5, 0.6) is 0 Å². The molecule has 94 valence electrons. The van der Waals surface area contributed by atoms with Crippen LogP contribution in [0.4, 0.5) is 0 Å². The third-order valence-electron chi connectivity index (χ3n) is 2.98. The third kappa shape index (κ3) is 5.89. The quantitative estimate of drug-likeness (QED) is 0.556. The van der Waals surface area contributed by atoms with Crippen LogP contribution in [-0.4, -0.2) is 17.0 Å². The molecule has 17 heavy (non-hydrogen) atoms. The van der Waals surface area contributed by atoms with E-state index in [4.69, 9.17) is 0 Å². The van der Waals surface area contributed by atoms with Crippen molar-refractivity contribution in [3.8, 4) is 0 Å². The Hall–Kier alpha value is -0.0600. The molecule has 0 aliphatic heterocycles. The zero-order chi connectivity index (χ0) is 13.0. The molecule has 1 atom stereocenters. The fourth-order valence-corrected chi connectivity index (χ4v) is 1.89. The van der Waals surface area contributed by atoms with Gasteiger partial charge in [-0.3, -0.25) is 4.79 Å². The van der Waals surface area contributed by atoms with Crippen molar-refractivity contribution in [1.82, 2.24) is 0 Å². The van der Waals surface area contributed by atoms with Gasteiger partial charge in [-0.05, 0) is 19.8 Å². The Bertz CT molecular complexity index is 276. The van der Waals surface area contributed by atoms with Crippen LogP contribution in [0.1, 0.15) is 53.4 Å². The minimum Gasteiger partial charge on any atom is -0.550 e. The van der Waals surface area contributed by atoms with E-state index in [0.717, 1.165) is 12.8 Å². The summed E-state index contributed by atoms with van der Waals surface area (Å²) >= 11 is 0. The molecule has 0 aromatic carbocycles. The summed E-state index contributed by atoms with van der Waals surface area (Å²) in [5.74, 6) is -2.13. The molecule has 0 aromatic heterocycles. The molecule has 0 saturated heterocycles. The number of carbonyl (C=O) groups excluding carboxylic acids is 1. The molecule has 0 aliphatic carbocycles. The van der Waals surface area contributed by atoms with Gasteiger partial charge in [0.2, 0.25) is 0 Å². The van der Waals surface area contributed by atoms with Crippen LogP contribution in [0.25, 0.3) is 0 Å². The molecule has 0 radical (unpaired) electrons. The predicted molar refractivity (Wildman–Crippen MR) is 58.7 cm³/mol. The van der Waals surface area contributed by atoms with Gasteiger partial charge in [0.1, 0.15) is 0 Å². The largest absolute Gasteiger partial charge is 1.00 e. The van der Waals surface area contributed by atoms with Crippen molar-refractivity contribution in [2.75, 3.05) is 0 Å². The number of hydrogen-bond acceptors (Lipinski definition) is 3. The summed E-state index contributed by atoms with van der Waals surface area (Å²) in [5.41, 5.74) is -2.10. The van der Waals surface area contributed by atoms with Gasteiger partial charge in [0.15, 0.2) is 0 Å².